The van der Waals surface area contributed by atoms with Crippen molar-refractivity contribution in [2.45, 2.75) is 156 Å². The van der Waals surface area contributed by atoms with Gasteiger partial charge in [-0.1, -0.05) is 97.3 Å². The zero-order valence-electron chi connectivity index (χ0n) is 37.1. The van der Waals surface area contributed by atoms with Gasteiger partial charge in [-0.05, 0) is 82.1 Å². The molecule has 3 aromatic rings. The molecule has 0 spiro atoms. The lowest BCUT2D eigenvalue weighted by atomic mass is 9.96. The molecule has 2 aromatic carbocycles. The van der Waals surface area contributed by atoms with E-state index in [0.29, 0.717) is 59.0 Å². The van der Waals surface area contributed by atoms with Crippen LogP contribution >= 0.6 is 0 Å². The van der Waals surface area contributed by atoms with Gasteiger partial charge in [-0.25, -0.2) is 12.8 Å². The highest BCUT2D eigenvalue weighted by Gasteiger charge is 2.35. The number of halogens is 1. The second-order valence-electron chi connectivity index (χ2n) is 17.6. The smallest absolute Gasteiger partial charge is 0.213 e. The van der Waals surface area contributed by atoms with E-state index >= 15 is 4.39 Å². The fraction of sp³-hybridized carbons (Fsp3) is 0.688. The van der Waals surface area contributed by atoms with Crippen LogP contribution in [-0.4, -0.2) is 116 Å². The molecule has 4 heterocycles. The third-order valence-corrected chi connectivity index (χ3v) is 16.2. The molecular formula is C48H74FN5O4S2. The second-order valence-corrected chi connectivity index (χ2v) is 20.9. The van der Waals surface area contributed by atoms with Gasteiger partial charge in [-0.2, -0.15) is 0 Å². The standard InChI is InChI=1S/C48H74FN5O4S2/c1-4-6-7-8-9-10-11-12-13-14-15-16-17-18-35-58-41-19-22-46(44(49)36-41)60(56,57)47-38-50-45-21-20-42(59(3)55)37-43(45)48(47)54-29-25-39(26-30-54)52-27-23-40(24-28-52)53-33-31-51(5-2)32-34-53/h19-22,36-40H,4-18,23-35H2,1-3H3. The zero-order chi connectivity index (χ0) is 42.3. The summed E-state index contributed by atoms with van der Waals surface area (Å²) < 4.78 is 63.4. The van der Waals surface area contributed by atoms with Gasteiger partial charge in [0.05, 0.1) is 17.8 Å². The molecule has 9 nitrogen and oxygen atoms in total. The number of fused-ring (bicyclic) bond motifs is 1. The number of pyridine rings is 1. The number of piperidine rings is 2. The molecule has 0 saturated carbocycles. The van der Waals surface area contributed by atoms with E-state index in [4.69, 9.17) is 4.74 Å². The van der Waals surface area contributed by atoms with Gasteiger partial charge in [0.25, 0.3) is 0 Å². The topological polar surface area (TPSA) is 86.3 Å². The Balaban J connectivity index is 1.04. The quantitative estimate of drug-likeness (QED) is 0.0866. The third-order valence-electron chi connectivity index (χ3n) is 13.5. The van der Waals surface area contributed by atoms with Crippen molar-refractivity contribution in [1.29, 1.82) is 0 Å². The molecule has 1 aromatic heterocycles. The number of likely N-dealkylation sites (tertiary alicyclic amines) is 1. The number of hydrogen-bond acceptors (Lipinski definition) is 9. The van der Waals surface area contributed by atoms with Crippen molar-refractivity contribution in [2.24, 2.45) is 0 Å². The summed E-state index contributed by atoms with van der Waals surface area (Å²) in [5.74, 6) is -0.504. The molecule has 3 aliphatic heterocycles. The minimum atomic E-state index is -4.33. The first-order valence-electron chi connectivity index (χ1n) is 23.6. The number of likely N-dealkylation sites (N-methyl/N-ethyl adjacent to an activating group) is 1. The summed E-state index contributed by atoms with van der Waals surface area (Å²) in [7, 11) is -5.60. The summed E-state index contributed by atoms with van der Waals surface area (Å²) in [6, 6.07) is 10.6. The molecule has 1 unspecified atom stereocenters. The number of unbranched alkanes of at least 4 members (excludes halogenated alkanes) is 13. The Hall–Kier alpha value is -2.64. The predicted molar refractivity (Wildman–Crippen MR) is 245 cm³/mol. The van der Waals surface area contributed by atoms with Crippen LogP contribution in [0.2, 0.25) is 0 Å². The minimum absolute atomic E-state index is 0.0218. The highest BCUT2D eigenvalue weighted by atomic mass is 32.2. The van der Waals surface area contributed by atoms with Gasteiger partial charge < -0.3 is 19.4 Å². The lowest BCUT2D eigenvalue weighted by Gasteiger charge is -2.46. The summed E-state index contributed by atoms with van der Waals surface area (Å²) in [4.78, 5) is 14.8. The lowest BCUT2D eigenvalue weighted by Crippen LogP contribution is -2.55. The molecule has 0 amide bonds. The maximum atomic E-state index is 15.9. The number of ether oxygens (including phenoxy) is 1. The highest BCUT2D eigenvalue weighted by molar-refractivity contribution is 7.91. The number of benzene rings is 2. The van der Waals surface area contributed by atoms with Gasteiger partial charge >= 0.3 is 0 Å². The first-order valence-corrected chi connectivity index (χ1v) is 26.6. The first kappa shape index (κ1) is 46.9. The van der Waals surface area contributed by atoms with Crippen LogP contribution in [0, 0.1) is 5.82 Å². The Kier molecular flexibility index (Phi) is 18.5. The van der Waals surface area contributed by atoms with Crippen molar-refractivity contribution in [3.05, 3.63) is 48.4 Å². The fourth-order valence-electron chi connectivity index (χ4n) is 9.75. The third kappa shape index (κ3) is 12.7. The van der Waals surface area contributed by atoms with Gasteiger partial charge in [0.1, 0.15) is 21.4 Å². The monoisotopic (exact) mass is 868 g/mol. The lowest BCUT2D eigenvalue weighted by molar-refractivity contribution is 0.0449. The van der Waals surface area contributed by atoms with Crippen LogP contribution in [0.15, 0.2) is 57.3 Å². The maximum Gasteiger partial charge on any atom is 0.213 e. The summed E-state index contributed by atoms with van der Waals surface area (Å²) in [5.41, 5.74) is 1.14. The highest BCUT2D eigenvalue weighted by Crippen LogP contribution is 2.39. The molecule has 6 rings (SSSR count). The van der Waals surface area contributed by atoms with Gasteiger partial charge in [-0.3, -0.25) is 14.1 Å². The Morgan fingerprint density at radius 2 is 1.27 bits per heavy atom. The van der Waals surface area contributed by atoms with E-state index in [2.05, 4.69) is 38.4 Å². The van der Waals surface area contributed by atoms with Crippen molar-refractivity contribution in [3.63, 3.8) is 0 Å². The van der Waals surface area contributed by atoms with Gasteiger partial charge in [-0.15, -0.1) is 0 Å². The molecule has 3 aliphatic rings. The molecule has 1 atom stereocenters. The predicted octanol–water partition coefficient (Wildman–Crippen LogP) is 9.87. The normalized spacial score (nSPS) is 18.7. The molecule has 334 valence electrons. The average Bonchev–Trinajstić information content (AvgIpc) is 3.27. The number of nitrogens with zero attached hydrogens (tertiary/aromatic N) is 5. The van der Waals surface area contributed by atoms with E-state index in [1.54, 1.807) is 30.5 Å². The molecule has 12 heteroatoms. The van der Waals surface area contributed by atoms with E-state index in [-0.39, 0.29) is 4.90 Å². The maximum absolute atomic E-state index is 15.9. The van der Waals surface area contributed by atoms with E-state index in [9.17, 15) is 12.6 Å². The Morgan fingerprint density at radius 1 is 0.700 bits per heavy atom. The van der Waals surface area contributed by atoms with E-state index < -0.39 is 31.3 Å². The Bertz CT molecular complexity index is 1910. The number of piperazine rings is 1. The zero-order valence-corrected chi connectivity index (χ0v) is 38.7. The number of rotatable bonds is 23. The van der Waals surface area contributed by atoms with Crippen molar-refractivity contribution in [2.75, 3.05) is 76.7 Å². The number of hydrogen-bond donors (Lipinski definition) is 0. The number of sulfone groups is 1. The van der Waals surface area contributed by atoms with Crippen molar-refractivity contribution in [3.8, 4) is 5.75 Å². The number of aromatic nitrogens is 1. The summed E-state index contributed by atoms with van der Waals surface area (Å²) in [6.07, 6.45) is 25.0. The molecule has 0 aliphatic carbocycles. The molecule has 60 heavy (non-hydrogen) atoms. The van der Waals surface area contributed by atoms with E-state index in [1.165, 1.54) is 102 Å². The Labute approximate surface area is 364 Å². The minimum Gasteiger partial charge on any atom is -0.493 e. The summed E-state index contributed by atoms with van der Waals surface area (Å²) in [5, 5.41) is 0.625. The molecule has 0 bridgehead atoms. The van der Waals surface area contributed by atoms with E-state index in [1.807, 2.05) is 0 Å². The van der Waals surface area contributed by atoms with Crippen LogP contribution in [0.4, 0.5) is 10.1 Å². The van der Waals surface area contributed by atoms with Gasteiger partial charge in [0.15, 0.2) is 0 Å². The summed E-state index contributed by atoms with van der Waals surface area (Å²) in [6.45, 7) is 14.3. The molecule has 0 N–H and O–H groups in total. The van der Waals surface area contributed by atoms with Crippen LogP contribution in [0.3, 0.4) is 0 Å². The molecule has 3 saturated heterocycles. The number of anilines is 1. The molecule has 0 radical (unpaired) electrons. The van der Waals surface area contributed by atoms with Crippen molar-refractivity contribution < 1.29 is 21.8 Å². The average molecular weight is 868 g/mol. The first-order chi connectivity index (χ1) is 29.2. The van der Waals surface area contributed by atoms with Crippen LogP contribution in [0.5, 0.6) is 5.75 Å². The molecular weight excluding hydrogens is 794 g/mol. The van der Waals surface area contributed by atoms with Crippen molar-refractivity contribution in [1.82, 2.24) is 19.7 Å². The van der Waals surface area contributed by atoms with Gasteiger partial charge in [0.2, 0.25) is 9.84 Å². The van der Waals surface area contributed by atoms with Gasteiger partial charge in [0, 0.05) is 91.0 Å². The SMILES string of the molecule is CCCCCCCCCCCCCCCCOc1ccc(S(=O)(=O)c2cnc3ccc(S(C)=O)cc3c2N2CCC(N3CCC(N4CCN(CC)CC4)CC3)CC2)c(F)c1. The van der Waals surface area contributed by atoms with Crippen LogP contribution in [0.1, 0.15) is 129 Å². The summed E-state index contributed by atoms with van der Waals surface area (Å²) >= 11 is 0. The second kappa shape index (κ2) is 23.7. The van der Waals surface area contributed by atoms with Crippen LogP contribution in [0.25, 0.3) is 10.9 Å². The Morgan fingerprint density at radius 3 is 1.83 bits per heavy atom. The van der Waals surface area contributed by atoms with E-state index in [0.717, 1.165) is 77.9 Å². The fourth-order valence-corrected chi connectivity index (χ4v) is 11.8. The molecule has 3 fully saturated rings. The van der Waals surface area contributed by atoms with Crippen LogP contribution < -0.4 is 9.64 Å². The largest absolute Gasteiger partial charge is 0.493 e. The van der Waals surface area contributed by atoms with Crippen LogP contribution in [-0.2, 0) is 20.6 Å². The van der Waals surface area contributed by atoms with Crippen molar-refractivity contribution >= 4 is 37.2 Å².